The SMILES string of the molecule is CCCCCCCCCCC(C)(O)c1cccc(F)c1. The predicted octanol–water partition coefficient (Wildman–Crippen LogP) is 5.56. The van der Waals surface area contributed by atoms with E-state index in [1.54, 1.807) is 19.1 Å². The number of aliphatic hydroxyl groups is 1. The van der Waals surface area contributed by atoms with E-state index < -0.39 is 5.60 Å². The lowest BCUT2D eigenvalue weighted by Crippen LogP contribution is -2.21. The van der Waals surface area contributed by atoms with Gasteiger partial charge >= 0.3 is 0 Å². The first-order valence-electron chi connectivity index (χ1n) is 8.04. The topological polar surface area (TPSA) is 20.2 Å². The number of rotatable bonds is 10. The molecule has 0 spiro atoms. The fraction of sp³-hybridized carbons (Fsp3) is 0.667. The molecule has 0 bridgehead atoms. The van der Waals surface area contributed by atoms with E-state index in [1.165, 1.54) is 50.7 Å². The van der Waals surface area contributed by atoms with Gasteiger partial charge in [0.1, 0.15) is 5.82 Å². The summed E-state index contributed by atoms with van der Waals surface area (Å²) in [4.78, 5) is 0. The van der Waals surface area contributed by atoms with Gasteiger partial charge in [-0.2, -0.15) is 0 Å². The molecule has 0 saturated carbocycles. The Hall–Kier alpha value is -0.890. The van der Waals surface area contributed by atoms with Crippen LogP contribution in [0.1, 0.15) is 77.2 Å². The molecule has 0 amide bonds. The summed E-state index contributed by atoms with van der Waals surface area (Å²) in [5.41, 5.74) is -0.231. The van der Waals surface area contributed by atoms with E-state index in [4.69, 9.17) is 0 Å². The zero-order chi connectivity index (χ0) is 14.8. The first-order valence-corrected chi connectivity index (χ1v) is 8.04. The molecular weight excluding hydrogens is 251 g/mol. The standard InChI is InChI=1S/C18H29FO/c1-3-4-5-6-7-8-9-10-14-18(2,20)16-12-11-13-17(19)15-16/h11-13,15,20H,3-10,14H2,1-2H3. The van der Waals surface area contributed by atoms with Crippen LogP contribution in [0.2, 0.25) is 0 Å². The van der Waals surface area contributed by atoms with Crippen molar-refractivity contribution >= 4 is 0 Å². The second-order valence-corrected chi connectivity index (χ2v) is 6.01. The largest absolute Gasteiger partial charge is 0.385 e. The number of benzene rings is 1. The number of hydrogen-bond acceptors (Lipinski definition) is 1. The molecular formula is C18H29FO. The molecule has 1 unspecified atom stereocenters. The molecule has 0 aliphatic rings. The highest BCUT2D eigenvalue weighted by molar-refractivity contribution is 5.22. The van der Waals surface area contributed by atoms with Crippen LogP contribution >= 0.6 is 0 Å². The summed E-state index contributed by atoms with van der Waals surface area (Å²) >= 11 is 0. The monoisotopic (exact) mass is 280 g/mol. The minimum absolute atomic E-state index is 0.279. The van der Waals surface area contributed by atoms with Crippen LogP contribution in [0.3, 0.4) is 0 Å². The average Bonchev–Trinajstić information content (AvgIpc) is 2.42. The summed E-state index contributed by atoms with van der Waals surface area (Å²) in [6, 6.07) is 6.31. The molecule has 20 heavy (non-hydrogen) atoms. The highest BCUT2D eigenvalue weighted by Crippen LogP contribution is 2.27. The molecule has 1 aromatic rings. The Labute approximate surface area is 123 Å². The molecule has 0 heterocycles. The summed E-state index contributed by atoms with van der Waals surface area (Å²) in [6.07, 6.45) is 10.7. The molecule has 0 aliphatic carbocycles. The lowest BCUT2D eigenvalue weighted by atomic mass is 9.90. The van der Waals surface area contributed by atoms with Crippen molar-refractivity contribution in [3.05, 3.63) is 35.6 Å². The van der Waals surface area contributed by atoms with Crippen molar-refractivity contribution in [3.8, 4) is 0 Å². The van der Waals surface area contributed by atoms with Crippen molar-refractivity contribution in [3.63, 3.8) is 0 Å². The Kier molecular flexibility index (Phi) is 7.83. The van der Waals surface area contributed by atoms with Crippen molar-refractivity contribution in [2.45, 2.75) is 77.2 Å². The summed E-state index contributed by atoms with van der Waals surface area (Å²) in [7, 11) is 0. The third-order valence-electron chi connectivity index (χ3n) is 3.96. The molecule has 1 nitrogen and oxygen atoms in total. The Morgan fingerprint density at radius 1 is 1.00 bits per heavy atom. The quantitative estimate of drug-likeness (QED) is 0.556. The van der Waals surface area contributed by atoms with Gasteiger partial charge in [-0.25, -0.2) is 4.39 Å². The summed E-state index contributed by atoms with van der Waals surface area (Å²) < 4.78 is 13.2. The van der Waals surface area contributed by atoms with Gasteiger partial charge in [0.05, 0.1) is 5.60 Å². The van der Waals surface area contributed by atoms with Crippen LogP contribution in [0.5, 0.6) is 0 Å². The molecule has 0 radical (unpaired) electrons. The van der Waals surface area contributed by atoms with Crippen LogP contribution in [-0.4, -0.2) is 5.11 Å². The molecule has 1 atom stereocenters. The number of halogens is 1. The van der Waals surface area contributed by atoms with Gasteiger partial charge in [-0.1, -0.05) is 70.4 Å². The molecule has 0 aliphatic heterocycles. The van der Waals surface area contributed by atoms with Gasteiger partial charge in [0, 0.05) is 0 Å². The van der Waals surface area contributed by atoms with Crippen LogP contribution in [0.25, 0.3) is 0 Å². The normalized spacial score (nSPS) is 14.2. The van der Waals surface area contributed by atoms with Crippen LogP contribution in [0.4, 0.5) is 4.39 Å². The minimum atomic E-state index is -0.912. The fourth-order valence-electron chi connectivity index (χ4n) is 2.57. The van der Waals surface area contributed by atoms with Gasteiger partial charge in [-0.05, 0) is 31.0 Å². The Morgan fingerprint density at radius 2 is 1.60 bits per heavy atom. The van der Waals surface area contributed by atoms with Crippen molar-refractivity contribution < 1.29 is 9.50 Å². The highest BCUT2D eigenvalue weighted by atomic mass is 19.1. The van der Waals surface area contributed by atoms with Crippen molar-refractivity contribution in [1.82, 2.24) is 0 Å². The zero-order valence-corrected chi connectivity index (χ0v) is 13.0. The first-order chi connectivity index (χ1) is 9.56. The Bertz CT molecular complexity index is 373. The molecule has 0 aromatic heterocycles. The van der Waals surface area contributed by atoms with Gasteiger partial charge in [-0.3, -0.25) is 0 Å². The van der Waals surface area contributed by atoms with E-state index in [1.807, 2.05) is 0 Å². The van der Waals surface area contributed by atoms with E-state index in [0.29, 0.717) is 12.0 Å². The summed E-state index contributed by atoms with van der Waals surface area (Å²) in [6.45, 7) is 4.01. The van der Waals surface area contributed by atoms with Crippen molar-refractivity contribution in [2.75, 3.05) is 0 Å². The van der Waals surface area contributed by atoms with Gasteiger partial charge in [-0.15, -0.1) is 0 Å². The minimum Gasteiger partial charge on any atom is -0.385 e. The molecule has 0 saturated heterocycles. The molecule has 0 fully saturated rings. The predicted molar refractivity (Wildman–Crippen MR) is 83.2 cm³/mol. The molecule has 1 aromatic carbocycles. The first kappa shape index (κ1) is 17.2. The molecule has 1 N–H and O–H groups in total. The van der Waals surface area contributed by atoms with E-state index in [0.717, 1.165) is 12.8 Å². The summed E-state index contributed by atoms with van der Waals surface area (Å²) in [5, 5.41) is 10.4. The molecule has 2 heteroatoms. The van der Waals surface area contributed by atoms with Crippen LogP contribution in [0, 0.1) is 5.82 Å². The zero-order valence-electron chi connectivity index (χ0n) is 13.0. The third kappa shape index (κ3) is 6.51. The van der Waals surface area contributed by atoms with E-state index in [2.05, 4.69) is 6.92 Å². The maximum absolute atomic E-state index is 13.2. The average molecular weight is 280 g/mol. The van der Waals surface area contributed by atoms with E-state index >= 15 is 0 Å². The second-order valence-electron chi connectivity index (χ2n) is 6.01. The maximum atomic E-state index is 13.2. The highest BCUT2D eigenvalue weighted by Gasteiger charge is 2.22. The number of unbranched alkanes of at least 4 members (excludes halogenated alkanes) is 7. The fourth-order valence-corrected chi connectivity index (χ4v) is 2.57. The van der Waals surface area contributed by atoms with Crippen LogP contribution < -0.4 is 0 Å². The maximum Gasteiger partial charge on any atom is 0.123 e. The van der Waals surface area contributed by atoms with Crippen molar-refractivity contribution in [2.24, 2.45) is 0 Å². The molecule has 114 valence electrons. The number of hydrogen-bond donors (Lipinski definition) is 1. The van der Waals surface area contributed by atoms with Crippen LogP contribution in [-0.2, 0) is 5.60 Å². The Morgan fingerprint density at radius 3 is 2.20 bits per heavy atom. The van der Waals surface area contributed by atoms with Gasteiger partial charge in [0.15, 0.2) is 0 Å². The van der Waals surface area contributed by atoms with Crippen LogP contribution in [0.15, 0.2) is 24.3 Å². The van der Waals surface area contributed by atoms with E-state index in [9.17, 15) is 9.50 Å². The smallest absolute Gasteiger partial charge is 0.123 e. The van der Waals surface area contributed by atoms with E-state index in [-0.39, 0.29) is 5.82 Å². The lowest BCUT2D eigenvalue weighted by Gasteiger charge is -2.24. The van der Waals surface area contributed by atoms with Gasteiger partial charge in [0.25, 0.3) is 0 Å². The van der Waals surface area contributed by atoms with Gasteiger partial charge in [0.2, 0.25) is 0 Å². The third-order valence-corrected chi connectivity index (χ3v) is 3.96. The molecule has 1 rings (SSSR count). The Balaban J connectivity index is 2.20. The van der Waals surface area contributed by atoms with Gasteiger partial charge < -0.3 is 5.11 Å². The van der Waals surface area contributed by atoms with Crippen molar-refractivity contribution in [1.29, 1.82) is 0 Å². The second kappa shape index (κ2) is 9.12. The summed E-state index contributed by atoms with van der Waals surface area (Å²) in [5.74, 6) is -0.279. The lowest BCUT2D eigenvalue weighted by molar-refractivity contribution is 0.0445.